The van der Waals surface area contributed by atoms with Gasteiger partial charge in [-0.1, -0.05) is 13.8 Å². The van der Waals surface area contributed by atoms with E-state index in [1.807, 2.05) is 44.6 Å². The van der Waals surface area contributed by atoms with Crippen molar-refractivity contribution in [2.24, 2.45) is 0 Å². The number of rotatable bonds is 11. The van der Waals surface area contributed by atoms with E-state index in [4.69, 9.17) is 4.74 Å². The number of nitrogens with one attached hydrogen (secondary N) is 2. The average Bonchev–Trinajstić information content (AvgIpc) is 3.54. The molecule has 0 saturated carbocycles. The van der Waals surface area contributed by atoms with E-state index in [0.29, 0.717) is 35.1 Å². The molecule has 1 unspecified atom stereocenters. The number of halogens is 1. The molecule has 2 atom stereocenters. The first-order chi connectivity index (χ1) is 20.3. The summed E-state index contributed by atoms with van der Waals surface area (Å²) in [4.78, 5) is 24.1. The van der Waals surface area contributed by atoms with Gasteiger partial charge in [0, 0.05) is 66.4 Å². The van der Waals surface area contributed by atoms with Crippen LogP contribution in [0, 0.1) is 5.82 Å². The fourth-order valence-electron chi connectivity index (χ4n) is 5.74. The summed E-state index contributed by atoms with van der Waals surface area (Å²) in [6, 6.07) is 6.48. The van der Waals surface area contributed by atoms with E-state index in [9.17, 15) is 13.2 Å². The normalized spacial score (nSPS) is 17.5. The zero-order valence-electron chi connectivity index (χ0n) is 25.1. The molecule has 0 fully saturated rings. The van der Waals surface area contributed by atoms with Crippen molar-refractivity contribution >= 4 is 38.2 Å². The number of fused-ring (bicyclic) bond motifs is 3. The van der Waals surface area contributed by atoms with Crippen molar-refractivity contribution in [3.05, 3.63) is 60.4 Å². The summed E-state index contributed by atoms with van der Waals surface area (Å²) in [5.74, 6) is -0.571. The Kier molecular flexibility index (Phi) is 8.14. The number of hydrogen-bond acceptors (Lipinski definition) is 8. The first-order valence-electron chi connectivity index (χ1n) is 14.0. The molecule has 1 aliphatic rings. The first kappa shape index (κ1) is 30.4. The number of nitrogens with zero attached hydrogens (tertiary/aromatic N) is 5. The number of aromatic nitrogens is 4. The maximum atomic E-state index is 15.7. The van der Waals surface area contributed by atoms with Gasteiger partial charge in [-0.2, -0.15) is 5.10 Å². The maximum Gasteiger partial charge on any atom is 0.238 e. The topological polar surface area (TPSA) is 131 Å². The molecule has 11 nitrogen and oxygen atoms in total. The molecule has 1 aliphatic heterocycles. The molecule has 5 rings (SSSR count). The summed E-state index contributed by atoms with van der Waals surface area (Å²) < 4.78 is 50.0. The number of likely N-dealkylation sites (N-methyl/N-ethyl adjacent to an activating group) is 1. The van der Waals surface area contributed by atoms with E-state index in [1.54, 1.807) is 30.4 Å². The fourth-order valence-corrected chi connectivity index (χ4v) is 6.29. The molecule has 3 aromatic heterocycles. The van der Waals surface area contributed by atoms with Crippen molar-refractivity contribution < 1.29 is 22.3 Å². The van der Waals surface area contributed by atoms with Gasteiger partial charge in [0.05, 0.1) is 35.1 Å². The average molecular weight is 610 g/mol. The molecule has 13 heteroatoms. The van der Waals surface area contributed by atoms with Gasteiger partial charge in [0.2, 0.25) is 21.8 Å². The van der Waals surface area contributed by atoms with E-state index in [1.165, 1.54) is 18.3 Å². The maximum absolute atomic E-state index is 15.7. The van der Waals surface area contributed by atoms with Gasteiger partial charge in [-0.3, -0.25) is 19.2 Å². The number of ether oxygens (including phenoxy) is 1. The highest BCUT2D eigenvalue weighted by molar-refractivity contribution is 7.92. The summed E-state index contributed by atoms with van der Waals surface area (Å²) in [6.07, 6.45) is 8.08. The largest absolute Gasteiger partial charge is 0.475 e. The van der Waals surface area contributed by atoms with Gasteiger partial charge < -0.3 is 15.0 Å². The number of sulfonamides is 1. The van der Waals surface area contributed by atoms with Crippen LogP contribution in [0.4, 0.5) is 15.8 Å². The molecule has 0 radical (unpaired) electrons. The highest BCUT2D eigenvalue weighted by Crippen LogP contribution is 2.49. The van der Waals surface area contributed by atoms with E-state index in [0.717, 1.165) is 11.8 Å². The Morgan fingerprint density at radius 2 is 1.91 bits per heavy atom. The van der Waals surface area contributed by atoms with E-state index in [-0.39, 0.29) is 41.7 Å². The Hall–Kier alpha value is -4.10. The first-order valence-corrected chi connectivity index (χ1v) is 15.9. The third-order valence-corrected chi connectivity index (χ3v) is 8.25. The second kappa shape index (κ2) is 11.5. The van der Waals surface area contributed by atoms with Gasteiger partial charge >= 0.3 is 0 Å². The molecule has 0 saturated heterocycles. The molecular formula is C30H36FN7O4S. The van der Waals surface area contributed by atoms with Gasteiger partial charge in [-0.25, -0.2) is 17.8 Å². The van der Waals surface area contributed by atoms with Gasteiger partial charge in [-0.15, -0.1) is 0 Å². The Labute approximate surface area is 250 Å². The van der Waals surface area contributed by atoms with Crippen LogP contribution in [0.2, 0.25) is 0 Å². The standard InChI is InChI=1S/C30H36FN7O4S/c1-18(2)32-9-11-42-28-25(36-43(6,40)41)12-20(16-34-28)21-13-22-24(14-23(21)31)33-17-26-27(22)30(4,29(39)37(26)5)15-19(3)38-10-7-8-35-38/h7-8,10,12-14,16-19,32,36H,9,11,15H2,1-6H3/t19?,30-/m0/s1. The predicted octanol–water partition coefficient (Wildman–Crippen LogP) is 4.27. The molecule has 0 spiro atoms. The van der Waals surface area contributed by atoms with E-state index in [2.05, 4.69) is 25.1 Å². The minimum absolute atomic E-state index is 0.0795. The van der Waals surface area contributed by atoms with Crippen LogP contribution in [-0.2, 0) is 20.2 Å². The van der Waals surface area contributed by atoms with E-state index < -0.39 is 21.3 Å². The second-order valence-corrected chi connectivity index (χ2v) is 13.3. The summed E-state index contributed by atoms with van der Waals surface area (Å²) in [6.45, 7) is 8.69. The molecule has 4 aromatic rings. The highest BCUT2D eigenvalue weighted by Gasteiger charge is 2.48. The Balaban J connectivity index is 1.60. The number of carbonyl (C=O) groups is 1. The van der Waals surface area contributed by atoms with Crippen LogP contribution in [0.3, 0.4) is 0 Å². The van der Waals surface area contributed by atoms with E-state index >= 15 is 4.39 Å². The van der Waals surface area contributed by atoms with Crippen LogP contribution in [0.5, 0.6) is 5.88 Å². The number of hydrogen-bond donors (Lipinski definition) is 2. The predicted molar refractivity (Wildman–Crippen MR) is 164 cm³/mol. The fraction of sp³-hybridized carbons (Fsp3) is 0.400. The van der Waals surface area contributed by atoms with Crippen molar-refractivity contribution in [3.8, 4) is 17.0 Å². The van der Waals surface area contributed by atoms with Crippen molar-refractivity contribution in [2.75, 3.05) is 36.1 Å². The number of benzene rings is 1. The molecule has 1 aromatic carbocycles. The molecule has 228 valence electrons. The number of pyridine rings is 2. The van der Waals surface area contributed by atoms with Crippen molar-refractivity contribution in [3.63, 3.8) is 0 Å². The zero-order valence-corrected chi connectivity index (χ0v) is 25.9. The molecular weight excluding hydrogens is 573 g/mol. The minimum atomic E-state index is -3.69. The Bertz CT molecular complexity index is 1780. The summed E-state index contributed by atoms with van der Waals surface area (Å²) >= 11 is 0. The molecule has 0 bridgehead atoms. The molecule has 0 aliphatic carbocycles. The molecule has 1 amide bonds. The summed E-state index contributed by atoms with van der Waals surface area (Å²) in [7, 11) is -1.98. The third kappa shape index (κ3) is 6.04. The van der Waals surface area contributed by atoms with Crippen molar-refractivity contribution in [1.82, 2.24) is 25.1 Å². The quantitative estimate of drug-likeness (QED) is 0.241. The monoisotopic (exact) mass is 609 g/mol. The summed E-state index contributed by atoms with van der Waals surface area (Å²) in [5.41, 5.74) is 1.49. The van der Waals surface area contributed by atoms with Crippen LogP contribution >= 0.6 is 0 Å². The lowest BCUT2D eigenvalue weighted by atomic mass is 9.77. The number of amides is 1. The number of anilines is 2. The Morgan fingerprint density at radius 1 is 1.14 bits per heavy atom. The van der Waals surface area contributed by atoms with Gasteiger partial charge in [-0.05, 0) is 38.5 Å². The van der Waals surface area contributed by atoms with Crippen LogP contribution in [0.25, 0.3) is 22.0 Å². The van der Waals surface area contributed by atoms with Crippen LogP contribution in [0.15, 0.2) is 49.1 Å². The minimum Gasteiger partial charge on any atom is -0.475 e. The van der Waals surface area contributed by atoms with Crippen LogP contribution < -0.4 is 19.7 Å². The van der Waals surface area contributed by atoms with Gasteiger partial charge in [0.25, 0.3) is 0 Å². The SMILES string of the molecule is CC(C)NCCOc1ncc(-c2cc3c4c(cnc3cc2F)N(C)C(=O)[C@@]4(C)CC(C)n2cccn2)cc1NS(C)(=O)=O. The van der Waals surface area contributed by atoms with Gasteiger partial charge in [0.15, 0.2) is 0 Å². The smallest absolute Gasteiger partial charge is 0.238 e. The highest BCUT2D eigenvalue weighted by atomic mass is 32.2. The van der Waals surface area contributed by atoms with Crippen molar-refractivity contribution in [2.45, 2.75) is 51.6 Å². The second-order valence-electron chi connectivity index (χ2n) is 11.5. The number of carbonyl (C=O) groups excluding carboxylic acids is 1. The summed E-state index contributed by atoms with van der Waals surface area (Å²) in [5, 5.41) is 8.19. The molecule has 43 heavy (non-hydrogen) atoms. The van der Waals surface area contributed by atoms with Gasteiger partial charge in [0.1, 0.15) is 18.1 Å². The lowest BCUT2D eigenvalue weighted by molar-refractivity contribution is -0.122. The molecule has 4 heterocycles. The Morgan fingerprint density at radius 3 is 2.58 bits per heavy atom. The van der Waals surface area contributed by atoms with Crippen LogP contribution in [0.1, 0.15) is 45.7 Å². The molecule has 2 N–H and O–H groups in total. The lowest BCUT2D eigenvalue weighted by Gasteiger charge is -2.28. The van der Waals surface area contributed by atoms with Crippen molar-refractivity contribution in [1.29, 1.82) is 0 Å². The van der Waals surface area contributed by atoms with Crippen LogP contribution in [-0.4, -0.2) is 66.6 Å². The third-order valence-electron chi connectivity index (χ3n) is 7.66. The lowest BCUT2D eigenvalue weighted by Crippen LogP contribution is -2.37. The zero-order chi connectivity index (χ0) is 31.1.